The van der Waals surface area contributed by atoms with E-state index in [-0.39, 0.29) is 6.04 Å². The van der Waals surface area contributed by atoms with E-state index in [9.17, 15) is 5.11 Å². The van der Waals surface area contributed by atoms with E-state index in [1.165, 1.54) is 24.0 Å². The normalized spacial score (nSPS) is 28.5. The van der Waals surface area contributed by atoms with Crippen molar-refractivity contribution in [2.24, 2.45) is 5.92 Å². The van der Waals surface area contributed by atoms with E-state index in [1.807, 2.05) is 30.5 Å². The van der Waals surface area contributed by atoms with Crippen LogP contribution in [0.2, 0.25) is 0 Å². The summed E-state index contributed by atoms with van der Waals surface area (Å²) in [5, 5.41) is 13.8. The monoisotopic (exact) mass is 477 g/mol. The van der Waals surface area contributed by atoms with Gasteiger partial charge in [0.1, 0.15) is 24.7 Å². The predicted molar refractivity (Wildman–Crippen MR) is 130 cm³/mol. The summed E-state index contributed by atoms with van der Waals surface area (Å²) in [4.78, 5) is 4.52. The molecule has 5 atom stereocenters. The van der Waals surface area contributed by atoms with E-state index in [4.69, 9.17) is 0 Å². The molecule has 0 amide bonds. The summed E-state index contributed by atoms with van der Waals surface area (Å²) in [6.45, 7) is 6.27. The van der Waals surface area contributed by atoms with Gasteiger partial charge >= 0.3 is 0 Å². The van der Waals surface area contributed by atoms with Crippen molar-refractivity contribution in [1.82, 2.24) is 4.98 Å². The van der Waals surface area contributed by atoms with Crippen LogP contribution in [0.4, 0.5) is 0 Å². The molecule has 0 spiro atoms. The second kappa shape index (κ2) is 8.50. The van der Waals surface area contributed by atoms with Crippen LogP contribution in [0.1, 0.15) is 42.1 Å². The number of quaternary nitrogens is 1. The van der Waals surface area contributed by atoms with Crippen LogP contribution in [0.25, 0.3) is 10.9 Å². The van der Waals surface area contributed by atoms with Gasteiger partial charge in [-0.25, -0.2) is 0 Å². The smallest absolute Gasteiger partial charge is 0.131 e. The van der Waals surface area contributed by atoms with Crippen LogP contribution in [-0.4, -0.2) is 33.2 Å². The number of aromatic nitrogens is 1. The zero-order chi connectivity index (χ0) is 21.4. The summed E-state index contributed by atoms with van der Waals surface area (Å²) >= 11 is 3.60. The van der Waals surface area contributed by atoms with Crippen LogP contribution in [0, 0.1) is 5.92 Å². The lowest BCUT2D eigenvalue weighted by atomic mass is 9.73. The molecule has 4 heterocycles. The number of alkyl halides is 1. The zero-order valence-corrected chi connectivity index (χ0v) is 19.4. The Labute approximate surface area is 193 Å². The number of piperidine rings is 3. The number of benzene rings is 2. The van der Waals surface area contributed by atoms with Crippen molar-refractivity contribution in [2.75, 3.05) is 6.54 Å². The Morgan fingerprint density at radius 1 is 1.13 bits per heavy atom. The minimum absolute atomic E-state index is 0.161. The van der Waals surface area contributed by atoms with E-state index in [0.717, 1.165) is 45.8 Å². The van der Waals surface area contributed by atoms with Gasteiger partial charge in [-0.05, 0) is 47.7 Å². The summed E-state index contributed by atoms with van der Waals surface area (Å²) in [6.07, 6.45) is 6.97. The molecule has 3 saturated heterocycles. The first-order chi connectivity index (χ1) is 15.1. The molecule has 3 aromatic rings. The number of nitrogens with zero attached hydrogens (tertiary/aromatic N) is 2. The minimum Gasteiger partial charge on any atom is -0.382 e. The molecule has 3 unspecified atom stereocenters. The second-order valence-corrected chi connectivity index (χ2v) is 9.86. The molecule has 4 heteroatoms. The second-order valence-electron chi connectivity index (χ2n) is 9.30. The molecule has 2 aromatic carbocycles. The van der Waals surface area contributed by atoms with E-state index in [2.05, 4.69) is 63.9 Å². The number of aliphatic hydroxyl groups is 1. The Kier molecular flexibility index (Phi) is 5.72. The highest BCUT2D eigenvalue weighted by atomic mass is 79.9. The van der Waals surface area contributed by atoms with Crippen LogP contribution in [0.15, 0.2) is 73.4 Å². The van der Waals surface area contributed by atoms with Gasteiger partial charge in [0.25, 0.3) is 0 Å². The van der Waals surface area contributed by atoms with Crippen molar-refractivity contribution >= 4 is 26.8 Å². The topological polar surface area (TPSA) is 33.1 Å². The maximum Gasteiger partial charge on any atom is 0.131 e. The van der Waals surface area contributed by atoms with Crippen LogP contribution in [0.3, 0.4) is 0 Å². The summed E-state index contributed by atoms with van der Waals surface area (Å²) in [6, 6.07) is 19.6. The van der Waals surface area contributed by atoms with E-state index >= 15 is 0 Å². The molecule has 2 bridgehead atoms. The van der Waals surface area contributed by atoms with Crippen molar-refractivity contribution < 1.29 is 9.59 Å². The van der Waals surface area contributed by atoms with Crippen molar-refractivity contribution in [3.05, 3.63) is 90.1 Å². The first kappa shape index (κ1) is 20.9. The van der Waals surface area contributed by atoms with Gasteiger partial charge in [-0.15, -0.1) is 0 Å². The van der Waals surface area contributed by atoms with Crippen LogP contribution >= 0.6 is 15.9 Å². The quantitative estimate of drug-likeness (QED) is 0.271. The SMILES string of the molecule is C=CC1CC2CC[N+]1(Cc1cccc(CBr)c1)[C@H]([C@H](O)c1ccnc3ccccc13)C2. The number of hydrogen-bond acceptors (Lipinski definition) is 2. The summed E-state index contributed by atoms with van der Waals surface area (Å²) in [5.74, 6) is 0.671. The maximum atomic E-state index is 11.8. The molecular weight excluding hydrogens is 448 g/mol. The van der Waals surface area contributed by atoms with Gasteiger partial charge in [-0.1, -0.05) is 58.9 Å². The highest BCUT2D eigenvalue weighted by Crippen LogP contribution is 2.48. The van der Waals surface area contributed by atoms with Crippen molar-refractivity contribution in [1.29, 1.82) is 0 Å². The third-order valence-electron chi connectivity index (χ3n) is 7.68. The lowest BCUT2D eigenvalue weighted by molar-refractivity contribution is -0.998. The molecule has 160 valence electrons. The van der Waals surface area contributed by atoms with Crippen LogP contribution in [0.5, 0.6) is 0 Å². The summed E-state index contributed by atoms with van der Waals surface area (Å²) in [7, 11) is 0. The van der Waals surface area contributed by atoms with Crippen LogP contribution in [-0.2, 0) is 11.9 Å². The van der Waals surface area contributed by atoms with Gasteiger partial charge < -0.3 is 9.59 Å². The van der Waals surface area contributed by atoms with Gasteiger partial charge in [-0.2, -0.15) is 0 Å². The molecule has 6 rings (SSSR count). The number of aliphatic hydroxyl groups excluding tert-OH is 1. The van der Waals surface area contributed by atoms with Gasteiger partial charge in [0.15, 0.2) is 0 Å². The molecule has 1 N–H and O–H groups in total. The predicted octanol–water partition coefficient (Wildman–Crippen LogP) is 5.92. The number of para-hydroxylation sites is 1. The molecule has 31 heavy (non-hydrogen) atoms. The maximum absolute atomic E-state index is 11.8. The first-order valence-electron chi connectivity index (χ1n) is 11.3. The Morgan fingerprint density at radius 2 is 1.97 bits per heavy atom. The van der Waals surface area contributed by atoms with Crippen molar-refractivity contribution in [3.8, 4) is 0 Å². The number of rotatable bonds is 6. The van der Waals surface area contributed by atoms with Crippen molar-refractivity contribution in [2.45, 2.75) is 49.3 Å². The molecule has 3 fully saturated rings. The molecule has 3 nitrogen and oxygen atoms in total. The van der Waals surface area contributed by atoms with Gasteiger partial charge in [-0.3, -0.25) is 4.98 Å². The average molecular weight is 478 g/mol. The van der Waals surface area contributed by atoms with Gasteiger partial charge in [0.2, 0.25) is 0 Å². The molecular formula is C27H30BrN2O+. The summed E-state index contributed by atoms with van der Waals surface area (Å²) < 4.78 is 0.906. The third kappa shape index (κ3) is 3.65. The Balaban J connectivity index is 1.57. The third-order valence-corrected chi connectivity index (χ3v) is 8.33. The van der Waals surface area contributed by atoms with E-state index in [0.29, 0.717) is 12.0 Å². The number of pyridine rings is 1. The number of hydrogen-bond donors (Lipinski definition) is 1. The number of halogens is 1. The Bertz CT molecular complexity index is 1090. The molecule has 3 aliphatic rings. The first-order valence-corrected chi connectivity index (χ1v) is 12.4. The highest BCUT2D eigenvalue weighted by molar-refractivity contribution is 9.08. The Morgan fingerprint density at radius 3 is 2.81 bits per heavy atom. The largest absolute Gasteiger partial charge is 0.382 e. The minimum atomic E-state index is -0.516. The lowest BCUT2D eigenvalue weighted by Gasteiger charge is -2.59. The molecule has 3 aliphatic heterocycles. The fraction of sp³-hybridized carbons (Fsp3) is 0.370. The van der Waals surface area contributed by atoms with Crippen LogP contribution < -0.4 is 0 Å². The lowest BCUT2D eigenvalue weighted by Crippen LogP contribution is -2.69. The fourth-order valence-corrected chi connectivity index (χ4v) is 6.55. The van der Waals surface area contributed by atoms with E-state index in [1.54, 1.807) is 0 Å². The molecule has 0 saturated carbocycles. The Hall–Kier alpha value is -2.01. The van der Waals surface area contributed by atoms with E-state index < -0.39 is 6.10 Å². The number of fused-ring (bicyclic) bond motifs is 4. The van der Waals surface area contributed by atoms with Gasteiger partial charge in [0.05, 0.1) is 12.1 Å². The molecule has 0 aliphatic carbocycles. The van der Waals surface area contributed by atoms with Crippen molar-refractivity contribution in [3.63, 3.8) is 0 Å². The molecule has 1 aromatic heterocycles. The fourth-order valence-electron chi connectivity index (χ4n) is 6.20. The van der Waals surface area contributed by atoms with Gasteiger partial charge in [0, 0.05) is 35.3 Å². The average Bonchev–Trinajstić information content (AvgIpc) is 2.83. The highest BCUT2D eigenvalue weighted by Gasteiger charge is 2.55. The molecule has 0 radical (unpaired) electrons. The standard InChI is InChI=1S/C27H30BrN2O/c1-2-22-15-19-11-13-30(22,18-21-7-5-6-20(14-21)17-28)26(16-19)27(31)24-10-12-29-25-9-4-3-8-23(24)25/h2-10,12,14,19,22,26-27,31H,1,11,13,15-18H2/q+1/t19?,22?,26-,27+,30?/m0/s1. The summed E-state index contributed by atoms with van der Waals surface area (Å²) in [5.41, 5.74) is 4.61. The zero-order valence-electron chi connectivity index (χ0n) is 17.8.